The third-order valence-corrected chi connectivity index (χ3v) is 6.37. The van der Waals surface area contributed by atoms with E-state index >= 15 is 0 Å². The van der Waals surface area contributed by atoms with Crippen molar-refractivity contribution in [1.29, 1.82) is 0 Å². The van der Waals surface area contributed by atoms with E-state index in [0.717, 1.165) is 22.5 Å². The Balaban J connectivity index is 1.68. The Bertz CT molecular complexity index is 1250. The van der Waals surface area contributed by atoms with Gasteiger partial charge in [-0.2, -0.15) is 0 Å². The standard InChI is InChI=1S/C26H25N3OS/c1-16-10-12-21(14-18(16)3)27-25(30)24-23(20-8-6-5-7-9-20)29-26(31-24)28-22-13-11-17(2)19(4)15-22/h5-15H,1-4H3,(H,27,30)(H,28,29). The summed E-state index contributed by atoms with van der Waals surface area (Å²) in [6.45, 7) is 8.27. The monoisotopic (exact) mass is 427 g/mol. The summed E-state index contributed by atoms with van der Waals surface area (Å²) in [4.78, 5) is 18.5. The highest BCUT2D eigenvalue weighted by Crippen LogP contribution is 2.33. The van der Waals surface area contributed by atoms with E-state index in [0.29, 0.717) is 15.7 Å². The molecule has 0 unspecified atom stereocenters. The molecule has 4 rings (SSSR count). The molecular weight excluding hydrogens is 402 g/mol. The minimum absolute atomic E-state index is 0.159. The normalized spacial score (nSPS) is 10.7. The predicted octanol–water partition coefficient (Wildman–Crippen LogP) is 7.04. The number of nitrogens with one attached hydrogen (secondary N) is 2. The molecule has 0 aliphatic carbocycles. The molecule has 2 N–H and O–H groups in total. The Hall–Kier alpha value is -3.44. The molecule has 31 heavy (non-hydrogen) atoms. The summed E-state index contributed by atoms with van der Waals surface area (Å²) < 4.78 is 0. The van der Waals surface area contributed by atoms with Crippen LogP contribution in [0.25, 0.3) is 11.3 Å². The Morgan fingerprint density at radius 1 is 0.774 bits per heavy atom. The largest absolute Gasteiger partial charge is 0.332 e. The van der Waals surface area contributed by atoms with Crippen molar-refractivity contribution < 1.29 is 4.79 Å². The van der Waals surface area contributed by atoms with E-state index in [2.05, 4.69) is 43.5 Å². The van der Waals surface area contributed by atoms with Gasteiger partial charge < -0.3 is 10.6 Å². The number of aryl methyl sites for hydroxylation is 4. The maximum Gasteiger partial charge on any atom is 0.268 e. The van der Waals surface area contributed by atoms with Crippen molar-refractivity contribution in [3.63, 3.8) is 0 Å². The average Bonchev–Trinajstić information content (AvgIpc) is 3.18. The fourth-order valence-corrected chi connectivity index (χ4v) is 4.17. The van der Waals surface area contributed by atoms with E-state index < -0.39 is 0 Å². The number of rotatable bonds is 5. The summed E-state index contributed by atoms with van der Waals surface area (Å²) in [5, 5.41) is 7.09. The van der Waals surface area contributed by atoms with Crippen molar-refractivity contribution >= 4 is 33.8 Å². The lowest BCUT2D eigenvalue weighted by atomic mass is 10.1. The molecule has 4 aromatic rings. The summed E-state index contributed by atoms with van der Waals surface area (Å²) in [5.41, 5.74) is 8.11. The third kappa shape index (κ3) is 4.67. The van der Waals surface area contributed by atoms with Gasteiger partial charge in [-0.15, -0.1) is 0 Å². The number of carbonyl (C=O) groups excluding carboxylic acids is 1. The quantitative estimate of drug-likeness (QED) is 0.359. The second-order valence-corrected chi connectivity index (χ2v) is 8.74. The van der Waals surface area contributed by atoms with Gasteiger partial charge in [-0.1, -0.05) is 53.8 Å². The topological polar surface area (TPSA) is 54.0 Å². The summed E-state index contributed by atoms with van der Waals surface area (Å²) >= 11 is 1.36. The summed E-state index contributed by atoms with van der Waals surface area (Å²) in [6.07, 6.45) is 0. The maximum absolute atomic E-state index is 13.2. The van der Waals surface area contributed by atoms with E-state index in [1.165, 1.54) is 28.0 Å². The number of anilines is 3. The van der Waals surface area contributed by atoms with Crippen LogP contribution in [0.4, 0.5) is 16.5 Å². The van der Waals surface area contributed by atoms with Gasteiger partial charge in [0.15, 0.2) is 5.13 Å². The first-order valence-electron chi connectivity index (χ1n) is 10.2. The van der Waals surface area contributed by atoms with Gasteiger partial charge in [0.25, 0.3) is 5.91 Å². The number of nitrogens with zero attached hydrogens (tertiary/aromatic N) is 1. The highest BCUT2D eigenvalue weighted by Gasteiger charge is 2.20. The number of hydrogen-bond donors (Lipinski definition) is 2. The zero-order valence-corrected chi connectivity index (χ0v) is 18.9. The van der Waals surface area contributed by atoms with Crippen LogP contribution in [0.1, 0.15) is 31.9 Å². The second kappa shape index (κ2) is 8.74. The van der Waals surface area contributed by atoms with Crippen molar-refractivity contribution in [3.05, 3.63) is 93.9 Å². The molecule has 3 aromatic carbocycles. The van der Waals surface area contributed by atoms with Crippen LogP contribution in [-0.4, -0.2) is 10.9 Å². The smallest absolute Gasteiger partial charge is 0.268 e. The van der Waals surface area contributed by atoms with Gasteiger partial charge in [0.2, 0.25) is 0 Å². The van der Waals surface area contributed by atoms with Crippen molar-refractivity contribution in [2.75, 3.05) is 10.6 Å². The molecule has 0 atom stereocenters. The van der Waals surface area contributed by atoms with E-state index in [-0.39, 0.29) is 5.91 Å². The number of aromatic nitrogens is 1. The highest BCUT2D eigenvalue weighted by atomic mass is 32.1. The molecule has 0 saturated carbocycles. The summed E-state index contributed by atoms with van der Waals surface area (Å²) in [7, 11) is 0. The Morgan fingerprint density at radius 3 is 2.03 bits per heavy atom. The molecule has 0 fully saturated rings. The Kier molecular flexibility index (Phi) is 5.87. The van der Waals surface area contributed by atoms with Crippen LogP contribution in [-0.2, 0) is 0 Å². The molecule has 156 valence electrons. The first kappa shape index (κ1) is 20.8. The van der Waals surface area contributed by atoms with E-state index in [9.17, 15) is 4.79 Å². The molecule has 0 aliphatic rings. The molecule has 1 aromatic heterocycles. The lowest BCUT2D eigenvalue weighted by Gasteiger charge is -2.07. The predicted molar refractivity (Wildman–Crippen MR) is 131 cm³/mol. The first-order valence-corrected chi connectivity index (χ1v) is 11.0. The fourth-order valence-electron chi connectivity index (χ4n) is 3.27. The van der Waals surface area contributed by atoms with Gasteiger partial charge in [0, 0.05) is 16.9 Å². The van der Waals surface area contributed by atoms with Gasteiger partial charge in [0.05, 0.1) is 5.69 Å². The minimum atomic E-state index is -0.159. The van der Waals surface area contributed by atoms with E-state index in [4.69, 9.17) is 4.98 Å². The maximum atomic E-state index is 13.2. The number of hydrogen-bond acceptors (Lipinski definition) is 4. The van der Waals surface area contributed by atoms with E-state index in [1.807, 2.05) is 61.5 Å². The first-order chi connectivity index (χ1) is 14.9. The SMILES string of the molecule is Cc1ccc(NC(=O)c2sc(Nc3ccc(C)c(C)c3)nc2-c2ccccc2)cc1C. The highest BCUT2D eigenvalue weighted by molar-refractivity contribution is 7.18. The molecule has 1 amide bonds. The van der Waals surface area contributed by atoms with Gasteiger partial charge in [-0.25, -0.2) is 4.98 Å². The van der Waals surface area contributed by atoms with Gasteiger partial charge in [0.1, 0.15) is 4.88 Å². The van der Waals surface area contributed by atoms with Gasteiger partial charge in [-0.3, -0.25) is 4.79 Å². The summed E-state index contributed by atoms with van der Waals surface area (Å²) in [5.74, 6) is -0.159. The second-order valence-electron chi connectivity index (χ2n) is 7.74. The van der Waals surface area contributed by atoms with Crippen molar-refractivity contribution in [2.45, 2.75) is 27.7 Å². The molecule has 1 heterocycles. The van der Waals surface area contributed by atoms with Crippen LogP contribution < -0.4 is 10.6 Å². The third-order valence-electron chi connectivity index (χ3n) is 5.40. The molecule has 0 spiro atoms. The van der Waals surface area contributed by atoms with Crippen LogP contribution in [0, 0.1) is 27.7 Å². The lowest BCUT2D eigenvalue weighted by molar-refractivity contribution is 0.103. The van der Waals surface area contributed by atoms with E-state index in [1.54, 1.807) is 0 Å². The molecular formula is C26H25N3OS. The molecule has 0 radical (unpaired) electrons. The van der Waals surface area contributed by atoms with Gasteiger partial charge in [-0.05, 0) is 74.2 Å². The molecule has 4 nitrogen and oxygen atoms in total. The zero-order chi connectivity index (χ0) is 22.0. The van der Waals surface area contributed by atoms with Crippen LogP contribution in [0.5, 0.6) is 0 Å². The molecule has 0 saturated heterocycles. The molecule has 0 bridgehead atoms. The molecule has 5 heteroatoms. The minimum Gasteiger partial charge on any atom is -0.332 e. The summed E-state index contributed by atoms with van der Waals surface area (Å²) in [6, 6.07) is 21.9. The number of amides is 1. The van der Waals surface area contributed by atoms with Crippen LogP contribution in [0.2, 0.25) is 0 Å². The van der Waals surface area contributed by atoms with Crippen LogP contribution in [0.15, 0.2) is 66.7 Å². The Labute approximate surface area is 187 Å². The van der Waals surface area contributed by atoms with Crippen LogP contribution in [0.3, 0.4) is 0 Å². The van der Waals surface area contributed by atoms with Crippen molar-refractivity contribution in [2.24, 2.45) is 0 Å². The Morgan fingerprint density at radius 2 is 1.39 bits per heavy atom. The average molecular weight is 428 g/mol. The number of carbonyl (C=O) groups is 1. The lowest BCUT2D eigenvalue weighted by Crippen LogP contribution is -2.11. The van der Waals surface area contributed by atoms with Crippen molar-refractivity contribution in [1.82, 2.24) is 4.98 Å². The number of thiazole rings is 1. The number of benzene rings is 3. The zero-order valence-electron chi connectivity index (χ0n) is 18.1. The molecule has 0 aliphatic heterocycles. The fraction of sp³-hybridized carbons (Fsp3) is 0.154. The van der Waals surface area contributed by atoms with Gasteiger partial charge >= 0.3 is 0 Å². The van der Waals surface area contributed by atoms with Crippen LogP contribution >= 0.6 is 11.3 Å². The van der Waals surface area contributed by atoms with Crippen molar-refractivity contribution in [3.8, 4) is 11.3 Å².